The summed E-state index contributed by atoms with van der Waals surface area (Å²) in [5, 5.41) is 6.60. The van der Waals surface area contributed by atoms with Gasteiger partial charge in [0.15, 0.2) is 0 Å². The molecule has 2 N–H and O–H groups in total. The Morgan fingerprint density at radius 3 is 2.76 bits per heavy atom. The van der Waals surface area contributed by atoms with Crippen molar-refractivity contribution < 1.29 is 0 Å². The number of H-pyrrole nitrogens is 1. The number of benzene rings is 1. The van der Waals surface area contributed by atoms with Gasteiger partial charge in [-0.2, -0.15) is 0 Å². The first kappa shape index (κ1) is 13.9. The van der Waals surface area contributed by atoms with Gasteiger partial charge in [0.2, 0.25) is 0 Å². The van der Waals surface area contributed by atoms with Crippen LogP contribution in [0.25, 0.3) is 10.9 Å². The summed E-state index contributed by atoms with van der Waals surface area (Å²) >= 11 is 1.65. The second kappa shape index (κ2) is 5.77. The van der Waals surface area contributed by atoms with E-state index in [1.807, 2.05) is 19.1 Å². The maximum absolute atomic E-state index is 4.57. The summed E-state index contributed by atoms with van der Waals surface area (Å²) in [4.78, 5) is 12.5. The minimum atomic E-state index is 0.787. The molecule has 1 aromatic carbocycles. The van der Waals surface area contributed by atoms with E-state index in [2.05, 4.69) is 52.3 Å². The fraction of sp³-hybridized carbons (Fsp3) is 0.250. The molecule has 0 saturated carbocycles. The van der Waals surface area contributed by atoms with Gasteiger partial charge in [-0.05, 0) is 32.9 Å². The first-order valence-corrected chi connectivity index (χ1v) is 7.83. The summed E-state index contributed by atoms with van der Waals surface area (Å²) in [6, 6.07) is 10.4. The highest BCUT2D eigenvalue weighted by atomic mass is 32.2. The number of hydrogen-bond donors (Lipinski definition) is 2. The van der Waals surface area contributed by atoms with Crippen molar-refractivity contribution in [2.45, 2.75) is 30.8 Å². The van der Waals surface area contributed by atoms with Crippen LogP contribution in [-0.2, 0) is 0 Å². The Balaban J connectivity index is 1.97. The summed E-state index contributed by atoms with van der Waals surface area (Å²) in [5.74, 6) is 1.71. The van der Waals surface area contributed by atoms with Gasteiger partial charge < -0.3 is 10.3 Å². The standard InChI is InChI=1S/C16H18N4S/c1-4-17-15-10(2)16(19-11(3)18-15)21-14-9-12-7-5-6-8-13(12)20-14/h5-9,20H,4H2,1-3H3,(H,17,18,19). The number of aromatic nitrogens is 3. The predicted octanol–water partition coefficient (Wildman–Crippen LogP) is 4.16. The zero-order chi connectivity index (χ0) is 14.8. The first-order chi connectivity index (χ1) is 10.2. The summed E-state index contributed by atoms with van der Waals surface area (Å²) in [6.45, 7) is 6.91. The molecule has 0 unspecified atom stereocenters. The second-order valence-electron chi connectivity index (χ2n) is 4.90. The summed E-state index contributed by atoms with van der Waals surface area (Å²) < 4.78 is 0. The van der Waals surface area contributed by atoms with Gasteiger partial charge in [0.05, 0.1) is 5.03 Å². The van der Waals surface area contributed by atoms with Crippen LogP contribution in [0.2, 0.25) is 0 Å². The lowest BCUT2D eigenvalue weighted by atomic mass is 10.3. The number of rotatable bonds is 4. The van der Waals surface area contributed by atoms with Gasteiger partial charge >= 0.3 is 0 Å². The number of aryl methyl sites for hydroxylation is 1. The molecule has 0 radical (unpaired) electrons. The molecule has 0 amide bonds. The molecule has 21 heavy (non-hydrogen) atoms. The van der Waals surface area contributed by atoms with E-state index < -0.39 is 0 Å². The van der Waals surface area contributed by atoms with Crippen molar-refractivity contribution in [3.05, 3.63) is 41.7 Å². The normalized spacial score (nSPS) is 11.0. The molecule has 0 bridgehead atoms. The minimum absolute atomic E-state index is 0.787. The van der Waals surface area contributed by atoms with E-state index in [9.17, 15) is 0 Å². The highest BCUT2D eigenvalue weighted by Crippen LogP contribution is 2.32. The monoisotopic (exact) mass is 298 g/mol. The highest BCUT2D eigenvalue weighted by Gasteiger charge is 2.11. The largest absolute Gasteiger partial charge is 0.370 e. The van der Waals surface area contributed by atoms with Crippen molar-refractivity contribution in [3.63, 3.8) is 0 Å². The first-order valence-electron chi connectivity index (χ1n) is 7.02. The van der Waals surface area contributed by atoms with Crippen molar-refractivity contribution in [1.29, 1.82) is 0 Å². The molecule has 0 aliphatic heterocycles. The molecular formula is C16H18N4S. The molecule has 5 heteroatoms. The van der Waals surface area contributed by atoms with Crippen LogP contribution in [0, 0.1) is 13.8 Å². The summed E-state index contributed by atoms with van der Waals surface area (Å²) in [6.07, 6.45) is 0. The molecule has 2 aromatic heterocycles. The Bertz CT molecular complexity index is 746. The van der Waals surface area contributed by atoms with Crippen molar-refractivity contribution in [3.8, 4) is 0 Å². The van der Waals surface area contributed by atoms with E-state index in [1.54, 1.807) is 11.8 Å². The van der Waals surface area contributed by atoms with E-state index >= 15 is 0 Å². The maximum Gasteiger partial charge on any atom is 0.133 e. The number of fused-ring (bicyclic) bond motifs is 1. The molecule has 3 rings (SSSR count). The third-order valence-electron chi connectivity index (χ3n) is 3.27. The highest BCUT2D eigenvalue weighted by molar-refractivity contribution is 7.99. The van der Waals surface area contributed by atoms with Crippen molar-refractivity contribution in [2.75, 3.05) is 11.9 Å². The van der Waals surface area contributed by atoms with Crippen LogP contribution < -0.4 is 5.32 Å². The molecular weight excluding hydrogens is 280 g/mol. The lowest BCUT2D eigenvalue weighted by Crippen LogP contribution is -2.05. The van der Waals surface area contributed by atoms with E-state index in [-0.39, 0.29) is 0 Å². The zero-order valence-electron chi connectivity index (χ0n) is 12.4. The van der Waals surface area contributed by atoms with Crippen LogP contribution in [0.4, 0.5) is 5.82 Å². The van der Waals surface area contributed by atoms with Crippen molar-refractivity contribution in [1.82, 2.24) is 15.0 Å². The Morgan fingerprint density at radius 2 is 2.00 bits per heavy atom. The van der Waals surface area contributed by atoms with E-state index in [1.165, 1.54) is 5.39 Å². The van der Waals surface area contributed by atoms with Crippen LogP contribution in [0.1, 0.15) is 18.3 Å². The van der Waals surface area contributed by atoms with Crippen LogP contribution in [-0.4, -0.2) is 21.5 Å². The van der Waals surface area contributed by atoms with Crippen LogP contribution in [0.15, 0.2) is 40.4 Å². The van der Waals surface area contributed by atoms with Gasteiger partial charge in [0.25, 0.3) is 0 Å². The van der Waals surface area contributed by atoms with Crippen LogP contribution >= 0.6 is 11.8 Å². The molecule has 4 nitrogen and oxygen atoms in total. The number of anilines is 1. The Labute approximate surface area is 128 Å². The third-order valence-corrected chi connectivity index (χ3v) is 4.30. The molecule has 0 aliphatic carbocycles. The van der Waals surface area contributed by atoms with E-state index in [0.717, 1.165) is 39.3 Å². The summed E-state index contributed by atoms with van der Waals surface area (Å²) in [7, 11) is 0. The number of nitrogens with zero attached hydrogens (tertiary/aromatic N) is 2. The molecule has 0 aliphatic rings. The number of aromatic amines is 1. The molecule has 108 valence electrons. The molecule has 0 saturated heterocycles. The second-order valence-corrected chi connectivity index (χ2v) is 5.93. The number of hydrogen-bond acceptors (Lipinski definition) is 4. The van der Waals surface area contributed by atoms with Gasteiger partial charge in [-0.3, -0.25) is 0 Å². The average molecular weight is 298 g/mol. The van der Waals surface area contributed by atoms with E-state index in [0.29, 0.717) is 0 Å². The molecule has 0 atom stereocenters. The molecule has 0 spiro atoms. The Hall–Kier alpha value is -2.01. The minimum Gasteiger partial charge on any atom is -0.370 e. The van der Waals surface area contributed by atoms with Gasteiger partial charge in [0, 0.05) is 23.0 Å². The van der Waals surface area contributed by atoms with Crippen molar-refractivity contribution >= 4 is 28.5 Å². The van der Waals surface area contributed by atoms with Crippen LogP contribution in [0.5, 0.6) is 0 Å². The third kappa shape index (κ3) is 2.88. The Morgan fingerprint density at radius 1 is 1.19 bits per heavy atom. The number of para-hydroxylation sites is 1. The lowest BCUT2D eigenvalue weighted by molar-refractivity contribution is 0.931. The van der Waals surface area contributed by atoms with Gasteiger partial charge in [-0.25, -0.2) is 9.97 Å². The molecule has 0 fully saturated rings. The maximum atomic E-state index is 4.57. The fourth-order valence-corrected chi connectivity index (χ4v) is 3.23. The Kier molecular flexibility index (Phi) is 3.84. The molecule has 2 heterocycles. The SMILES string of the molecule is CCNc1nc(C)nc(Sc2cc3ccccc3[nH]2)c1C. The predicted molar refractivity (Wildman–Crippen MR) is 88.1 cm³/mol. The molecule has 3 aromatic rings. The quantitative estimate of drug-likeness (QED) is 0.710. The van der Waals surface area contributed by atoms with Gasteiger partial charge in [-0.15, -0.1) is 0 Å². The lowest BCUT2D eigenvalue weighted by Gasteiger charge is -2.10. The summed E-state index contributed by atoms with van der Waals surface area (Å²) in [5.41, 5.74) is 2.24. The fourth-order valence-electron chi connectivity index (χ4n) is 2.25. The van der Waals surface area contributed by atoms with Gasteiger partial charge in [0.1, 0.15) is 16.7 Å². The zero-order valence-corrected chi connectivity index (χ0v) is 13.2. The number of nitrogens with one attached hydrogen (secondary N) is 2. The smallest absolute Gasteiger partial charge is 0.133 e. The van der Waals surface area contributed by atoms with Gasteiger partial charge in [-0.1, -0.05) is 30.0 Å². The van der Waals surface area contributed by atoms with Crippen LogP contribution in [0.3, 0.4) is 0 Å². The van der Waals surface area contributed by atoms with Crippen molar-refractivity contribution in [2.24, 2.45) is 0 Å². The average Bonchev–Trinajstić information content (AvgIpc) is 2.86. The van der Waals surface area contributed by atoms with E-state index in [4.69, 9.17) is 0 Å². The topological polar surface area (TPSA) is 53.6 Å².